The molecular weight excluding hydrogens is 236 g/mol. The topological polar surface area (TPSA) is 228 Å². The van der Waals surface area contributed by atoms with Crippen LogP contribution in [-0.4, -0.2) is 35.8 Å². The molecule has 0 bridgehead atoms. The largest absolute Gasteiger partial charge is 0.423 e. The standard InChI is InChI=1S/2H3N.H2O5S.H2O4S/c;;1-5-6(2,3)4;1-5(2,3)4/h2*1H3;1H,(H,2,3,4);(H2,1,2,3,4). The van der Waals surface area contributed by atoms with Crippen molar-refractivity contribution in [2.75, 3.05) is 0 Å². The van der Waals surface area contributed by atoms with Crippen LogP contribution >= 0.6 is 0 Å². The molecule has 0 fully saturated rings. The van der Waals surface area contributed by atoms with Gasteiger partial charge in [-0.25, -0.2) is 5.26 Å². The Morgan fingerprint density at radius 2 is 0.923 bits per heavy atom. The molecule has 86 valence electrons. The first kappa shape index (κ1) is 22.9. The molecule has 0 aliphatic rings. The van der Waals surface area contributed by atoms with Crippen LogP contribution in [0.3, 0.4) is 0 Å². The van der Waals surface area contributed by atoms with E-state index in [1.54, 1.807) is 0 Å². The van der Waals surface area contributed by atoms with Crippen molar-refractivity contribution in [3.05, 3.63) is 0 Å². The summed E-state index contributed by atoms with van der Waals surface area (Å²) in [6.07, 6.45) is 0. The van der Waals surface area contributed by atoms with E-state index < -0.39 is 20.8 Å². The Balaban J connectivity index is -0.0000000546. The van der Waals surface area contributed by atoms with Gasteiger partial charge in [0.05, 0.1) is 0 Å². The molecule has 0 radical (unpaired) electrons. The van der Waals surface area contributed by atoms with Crippen molar-refractivity contribution < 1.29 is 40.1 Å². The Labute approximate surface area is 74.0 Å². The quantitative estimate of drug-likeness (QED) is 0.185. The van der Waals surface area contributed by atoms with E-state index in [4.69, 9.17) is 35.8 Å². The molecule has 0 spiro atoms. The summed E-state index contributed by atoms with van der Waals surface area (Å²) in [5, 5.41) is 7.06. The summed E-state index contributed by atoms with van der Waals surface area (Å²) in [6.45, 7) is 0. The van der Waals surface area contributed by atoms with Crippen molar-refractivity contribution in [3.8, 4) is 0 Å². The highest BCUT2D eigenvalue weighted by atomic mass is 32.3. The Morgan fingerprint density at radius 1 is 0.846 bits per heavy atom. The van der Waals surface area contributed by atoms with Gasteiger partial charge in [0.1, 0.15) is 0 Å². The molecule has 0 unspecified atom stereocenters. The fraction of sp³-hybridized carbons (Fsp3) is 0. The number of hydrogen-bond acceptors (Lipinski definition) is 8. The average Bonchev–Trinajstić information content (AvgIpc) is 1.59. The van der Waals surface area contributed by atoms with Gasteiger partial charge >= 0.3 is 20.8 Å². The molecule has 0 aromatic rings. The van der Waals surface area contributed by atoms with E-state index in [0.717, 1.165) is 0 Å². The normalized spacial score (nSPS) is 9.85. The van der Waals surface area contributed by atoms with Crippen molar-refractivity contribution in [2.24, 2.45) is 0 Å². The lowest BCUT2D eigenvalue weighted by Gasteiger charge is -1.79. The third-order valence-electron chi connectivity index (χ3n) is 0.0942. The highest BCUT2D eigenvalue weighted by molar-refractivity contribution is 7.80. The monoisotopic (exact) mass is 246 g/mol. The van der Waals surface area contributed by atoms with Crippen molar-refractivity contribution >= 4 is 20.8 Å². The fourth-order valence-electron chi connectivity index (χ4n) is 0. The maximum atomic E-state index is 9.08. The maximum absolute atomic E-state index is 9.08. The second kappa shape index (κ2) is 8.23. The van der Waals surface area contributed by atoms with Crippen LogP contribution in [0.25, 0.3) is 0 Å². The lowest BCUT2D eigenvalue weighted by atomic mass is 14.0. The maximum Gasteiger partial charge on any atom is 0.423 e. The molecule has 0 aliphatic carbocycles. The molecule has 0 aromatic carbocycles. The van der Waals surface area contributed by atoms with E-state index in [1.165, 1.54) is 0 Å². The van der Waals surface area contributed by atoms with Gasteiger partial charge in [0.15, 0.2) is 0 Å². The minimum absolute atomic E-state index is 0. The predicted octanol–water partition coefficient (Wildman–Crippen LogP) is -1.05. The number of rotatable bonds is 1. The molecular formula is H10N2O9S2. The van der Waals surface area contributed by atoms with Crippen LogP contribution in [0.1, 0.15) is 0 Å². The molecule has 0 saturated heterocycles. The summed E-state index contributed by atoms with van der Waals surface area (Å²) < 4.78 is 59.5. The van der Waals surface area contributed by atoms with Crippen LogP contribution < -0.4 is 12.3 Å². The van der Waals surface area contributed by atoms with Crippen molar-refractivity contribution in [2.45, 2.75) is 0 Å². The number of hydrogen-bond donors (Lipinski definition) is 6. The Bertz CT molecular complexity index is 263. The van der Waals surface area contributed by atoms with Crippen molar-refractivity contribution in [1.82, 2.24) is 12.3 Å². The Hall–Kier alpha value is -0.380. The van der Waals surface area contributed by atoms with Gasteiger partial charge in [-0.2, -0.15) is 16.8 Å². The van der Waals surface area contributed by atoms with E-state index in [9.17, 15) is 0 Å². The first-order valence-corrected chi connectivity index (χ1v) is 4.33. The molecule has 13 heavy (non-hydrogen) atoms. The summed E-state index contributed by atoms with van der Waals surface area (Å²) in [5.41, 5.74) is 0. The molecule has 0 saturated carbocycles. The van der Waals surface area contributed by atoms with Gasteiger partial charge < -0.3 is 12.3 Å². The smallest absolute Gasteiger partial charge is 0.344 e. The zero-order chi connectivity index (χ0) is 9.71. The highest BCUT2D eigenvalue weighted by Gasteiger charge is 1.97. The molecule has 0 amide bonds. The van der Waals surface area contributed by atoms with Crippen LogP contribution in [0.15, 0.2) is 0 Å². The predicted molar refractivity (Wildman–Crippen MR) is 39.5 cm³/mol. The van der Waals surface area contributed by atoms with Gasteiger partial charge in [-0.15, -0.1) is 0 Å². The zero-order valence-electron chi connectivity index (χ0n) is 6.06. The highest BCUT2D eigenvalue weighted by Crippen LogP contribution is 1.74. The van der Waals surface area contributed by atoms with Gasteiger partial charge in [0.2, 0.25) is 0 Å². The van der Waals surface area contributed by atoms with Gasteiger partial charge in [-0.1, -0.05) is 4.33 Å². The molecule has 11 nitrogen and oxygen atoms in total. The summed E-state index contributed by atoms with van der Waals surface area (Å²) in [5.74, 6) is 0. The fourth-order valence-corrected chi connectivity index (χ4v) is 0. The molecule has 0 rings (SSSR count). The van der Waals surface area contributed by atoms with Gasteiger partial charge in [-0.3, -0.25) is 13.7 Å². The summed E-state index contributed by atoms with van der Waals surface area (Å²) in [7, 11) is -9.27. The van der Waals surface area contributed by atoms with Gasteiger partial charge in [-0.05, 0) is 0 Å². The van der Waals surface area contributed by atoms with Gasteiger partial charge in [0, 0.05) is 0 Å². The second-order valence-corrected chi connectivity index (χ2v) is 2.85. The summed E-state index contributed by atoms with van der Waals surface area (Å²) in [6, 6.07) is 0. The molecule has 10 N–H and O–H groups in total. The molecule has 0 aromatic heterocycles. The third kappa shape index (κ3) is 157. The van der Waals surface area contributed by atoms with E-state index in [1.807, 2.05) is 0 Å². The Morgan fingerprint density at radius 3 is 0.923 bits per heavy atom. The SMILES string of the molecule is N.N.O=S(=O)(O)O.O=S(=O)(O)OO. The minimum atomic E-state index is -4.67. The molecule has 0 aliphatic heterocycles. The van der Waals surface area contributed by atoms with Crippen LogP contribution in [0, 0.1) is 0 Å². The third-order valence-corrected chi connectivity index (χ3v) is 0.283. The van der Waals surface area contributed by atoms with Gasteiger partial charge in [0.25, 0.3) is 0 Å². The first-order valence-electron chi connectivity index (χ1n) is 1.56. The van der Waals surface area contributed by atoms with E-state index >= 15 is 0 Å². The second-order valence-electron chi connectivity index (χ2n) is 0.950. The van der Waals surface area contributed by atoms with Crippen LogP contribution in [0.4, 0.5) is 0 Å². The average molecular weight is 246 g/mol. The van der Waals surface area contributed by atoms with E-state index in [2.05, 4.69) is 4.33 Å². The van der Waals surface area contributed by atoms with Crippen LogP contribution in [-0.2, 0) is 25.1 Å². The van der Waals surface area contributed by atoms with E-state index in [-0.39, 0.29) is 12.3 Å². The van der Waals surface area contributed by atoms with Crippen molar-refractivity contribution in [3.63, 3.8) is 0 Å². The summed E-state index contributed by atoms with van der Waals surface area (Å²) >= 11 is 0. The minimum Gasteiger partial charge on any atom is -0.344 e. The van der Waals surface area contributed by atoms with Crippen molar-refractivity contribution in [1.29, 1.82) is 0 Å². The molecule has 13 heteroatoms. The van der Waals surface area contributed by atoms with Crippen LogP contribution in [0.2, 0.25) is 0 Å². The van der Waals surface area contributed by atoms with E-state index in [0.29, 0.717) is 0 Å². The Kier molecular flexibility index (Phi) is 14.5. The molecule has 0 heterocycles. The lowest BCUT2D eigenvalue weighted by molar-refractivity contribution is -0.139. The first-order chi connectivity index (χ1) is 4.56. The van der Waals surface area contributed by atoms with Crippen LogP contribution in [0.5, 0.6) is 0 Å². The lowest BCUT2D eigenvalue weighted by Crippen LogP contribution is -1.97. The zero-order valence-corrected chi connectivity index (χ0v) is 7.69. The molecule has 0 atom stereocenters. The summed E-state index contributed by atoms with van der Waals surface area (Å²) in [4.78, 5) is 0.